The number of aliphatic hydroxyl groups is 1. The van der Waals surface area contributed by atoms with E-state index in [-0.39, 0.29) is 71.3 Å². The number of sulfonamides is 2. The number of aliphatic carboxylic acids is 3. The third-order valence-electron chi connectivity index (χ3n) is 13.7. The van der Waals surface area contributed by atoms with Crippen molar-refractivity contribution in [1.29, 1.82) is 0 Å². The molecule has 0 spiro atoms. The van der Waals surface area contributed by atoms with Crippen LogP contribution in [0.4, 0.5) is 0 Å². The number of aromatic nitrogens is 4. The van der Waals surface area contributed by atoms with E-state index >= 15 is 0 Å². The lowest BCUT2D eigenvalue weighted by molar-refractivity contribution is -0.147. The molecule has 1 aromatic heterocycles. The number of rotatable bonds is 28. The maximum atomic E-state index is 10.9. The van der Waals surface area contributed by atoms with Crippen LogP contribution in [0.1, 0.15) is 372 Å². The number of amides is 2. The monoisotopic (exact) mass is 1690 g/mol. The predicted octanol–water partition coefficient (Wildman–Crippen LogP) is 19.1. The lowest BCUT2D eigenvalue weighted by atomic mass is 10.1. The van der Waals surface area contributed by atoms with Gasteiger partial charge in [0.25, 0.3) is 0 Å². The quantitative estimate of drug-likeness (QED) is 0.0285. The zero-order chi connectivity index (χ0) is 94.0. The first kappa shape index (κ1) is 141. The standard InChI is InChI=1S/C7H13NO.2C7H14O2.2C6H12O2.2C6H14.C5H10O2.C5H12O.2C5H12.C4H8N4.2C4H11NO2S.C4H9NO.C4H8O2/c1-6(2)8-5-3-4-7(8)9;1-6(2)4-5-7(8)9-3;1-4-9-7(8)5-6(2)3;1-5(2)3-4-6(7)8;1-4-8-6(7)5(2)3;2*1-4-5-6(2)3;1-4(2)3-5(6)7;1-4(2)5(3)6;2*1-4-5(2)3;1-3(2)4-5-7-8-6-4;1-4(2)5-8(3,6)7;1-4(2)8(6,7)5-3;2*1-3(2)4(5)6/h6H,3-5H2,1-2H3;2*6H,4-5H2,1-3H3;5H,3-4H2,1-2H3,(H,7,8);5H,4H2,1-3H3;2*6H,4-5H2,1-3H3;4H,3H2,1-2H3,(H,6,7);4-6H,1-3H3;2*5H,4H2,1-3H3;3H,1-2H3,(H,5,6,7,8);2*4-5H,1-3H3;3H,1-2H3,(H2,5,6);3H,1-2H3,(H,5,6). The van der Waals surface area contributed by atoms with E-state index in [0.717, 1.165) is 68.0 Å². The van der Waals surface area contributed by atoms with Gasteiger partial charge in [-0.3, -0.25) is 38.4 Å². The zero-order valence-electron chi connectivity index (χ0n) is 80.9. The molecule has 114 heavy (non-hydrogen) atoms. The maximum Gasteiger partial charge on any atom is 0.308 e. The number of ether oxygens (including phenoxy) is 3. The van der Waals surface area contributed by atoms with Crippen LogP contribution in [-0.4, -0.2) is 174 Å². The van der Waals surface area contributed by atoms with Crippen molar-refractivity contribution in [1.82, 2.24) is 35.0 Å². The van der Waals surface area contributed by atoms with Gasteiger partial charge in [0.2, 0.25) is 31.9 Å². The molecule has 1 aromatic rings. The van der Waals surface area contributed by atoms with Crippen LogP contribution in [-0.2, 0) is 72.6 Å². The first-order valence-electron chi connectivity index (χ1n) is 41.7. The van der Waals surface area contributed by atoms with E-state index in [1.165, 1.54) is 52.7 Å². The molecule has 0 radical (unpaired) electrons. The summed E-state index contributed by atoms with van der Waals surface area (Å²) in [5, 5.41) is 45.9. The predicted molar refractivity (Wildman–Crippen MR) is 476 cm³/mol. The second kappa shape index (κ2) is 94.8. The number of methoxy groups -OCH3 is 1. The topological polar surface area (TPSA) is 421 Å². The van der Waals surface area contributed by atoms with Crippen LogP contribution in [0.2, 0.25) is 0 Å². The number of hydrogen-bond donors (Lipinski definition) is 8. The first-order chi connectivity index (χ1) is 51.7. The normalized spacial score (nSPS) is 11.2. The third kappa shape index (κ3) is 162. The van der Waals surface area contributed by atoms with Crippen LogP contribution >= 0.6 is 0 Å². The van der Waals surface area contributed by atoms with Gasteiger partial charge in [-0.1, -0.05) is 251 Å². The molecule has 29 heteroatoms. The molecule has 1 fully saturated rings. The summed E-state index contributed by atoms with van der Waals surface area (Å²) in [4.78, 5) is 83.9. The molecule has 2 heterocycles. The third-order valence-corrected chi connectivity index (χ3v) is 16.4. The lowest BCUT2D eigenvalue weighted by Crippen LogP contribution is -2.31. The van der Waals surface area contributed by atoms with Gasteiger partial charge in [-0.2, -0.15) is 5.21 Å². The minimum absolute atomic E-state index is 0.00463. The lowest BCUT2D eigenvalue weighted by Gasteiger charge is -2.19. The Kier molecular flexibility index (Phi) is 117. The van der Waals surface area contributed by atoms with E-state index < -0.39 is 38.0 Å². The van der Waals surface area contributed by atoms with Crippen molar-refractivity contribution in [2.24, 2.45) is 76.7 Å². The van der Waals surface area contributed by atoms with Gasteiger partial charge in [-0.05, 0) is 142 Å². The number of nitrogens with two attached hydrogens (primary N) is 1. The number of tetrazole rings is 1. The molecule has 27 nitrogen and oxygen atoms in total. The molecule has 2 amide bonds. The van der Waals surface area contributed by atoms with Crippen LogP contribution in [0, 0.1) is 71.0 Å². The van der Waals surface area contributed by atoms with Crippen LogP contribution in [0.3, 0.4) is 0 Å². The molecule has 1 atom stereocenters. The fourth-order valence-electron chi connectivity index (χ4n) is 5.58. The molecule has 1 saturated heterocycles. The summed E-state index contributed by atoms with van der Waals surface area (Å²) in [7, 11) is -3.13. The first-order valence-corrected chi connectivity index (χ1v) is 45.1. The maximum absolute atomic E-state index is 10.9. The van der Waals surface area contributed by atoms with E-state index in [4.69, 9.17) is 30.9 Å². The minimum atomic E-state index is -2.99. The van der Waals surface area contributed by atoms with Gasteiger partial charge in [0.05, 0.1) is 49.8 Å². The van der Waals surface area contributed by atoms with Gasteiger partial charge in [0.1, 0.15) is 0 Å². The van der Waals surface area contributed by atoms with E-state index in [1.807, 2.05) is 94.9 Å². The summed E-state index contributed by atoms with van der Waals surface area (Å²) in [6.07, 6.45) is 14.2. The average Bonchev–Trinajstić information content (AvgIpc) is 1.76. The minimum Gasteiger partial charge on any atom is -0.481 e. The number of esters is 3. The fraction of sp³-hybridized carbons (Fsp3) is 0.894. The van der Waals surface area contributed by atoms with Gasteiger partial charge >= 0.3 is 35.8 Å². The largest absolute Gasteiger partial charge is 0.481 e. The van der Waals surface area contributed by atoms with Gasteiger partial charge in [-0.25, -0.2) is 26.3 Å². The Bertz CT molecular complexity index is 2460. The Balaban J connectivity index is -0.0000000782. The second-order valence-corrected chi connectivity index (χ2v) is 36.9. The molecule has 0 aromatic carbocycles. The number of primary amides is 1. The number of hydrogen-bond acceptors (Lipinski definition) is 19. The Morgan fingerprint density at radius 3 is 1.00 bits per heavy atom. The number of aromatic amines is 1. The molecule has 692 valence electrons. The fourth-order valence-corrected chi connectivity index (χ4v) is 6.91. The number of likely N-dealkylation sites (tertiary alicyclic amines) is 1. The highest BCUT2D eigenvalue weighted by Crippen LogP contribution is 2.13. The second-order valence-electron chi connectivity index (χ2n) is 32.7. The van der Waals surface area contributed by atoms with Crippen LogP contribution in [0.15, 0.2) is 0 Å². The number of nitrogens with one attached hydrogen (secondary N) is 3. The van der Waals surface area contributed by atoms with E-state index in [0.29, 0.717) is 74.0 Å². The molecular weight excluding hydrogens is 1500 g/mol. The number of carboxylic acid groups (broad SMARTS) is 3. The highest BCUT2D eigenvalue weighted by molar-refractivity contribution is 7.90. The number of carboxylic acids is 3. The number of carbonyl (C=O) groups is 8. The van der Waals surface area contributed by atoms with E-state index in [1.54, 1.807) is 69.2 Å². The molecule has 9 N–H and O–H groups in total. The SMILES string of the molecule is CC(C)C(=O)O.CC(C)C(C)O.CC(C)C(N)=O.CC(C)CC(=O)O.CC(C)CCC(=O)O.CC(C)N1CCCC1=O.CC(C)NS(C)(=O)=O.CC(C)c1nn[nH]n1.CCC(C)C.CCC(C)C.CCCC(C)C.CCCC(C)C.CCOC(=O)C(C)C.CCOC(=O)CC(C)C.CNS(=O)(=O)C(C)C.COC(=O)CCC(C)C. The summed E-state index contributed by atoms with van der Waals surface area (Å²) >= 11 is 0. The Labute approximate surface area is 700 Å². The van der Waals surface area contributed by atoms with Gasteiger partial charge in [-0.15, -0.1) is 10.2 Å². The van der Waals surface area contributed by atoms with Crippen molar-refractivity contribution >= 4 is 67.7 Å². The smallest absolute Gasteiger partial charge is 0.308 e. The highest BCUT2D eigenvalue weighted by Gasteiger charge is 2.22. The highest BCUT2D eigenvalue weighted by atomic mass is 32.2. The van der Waals surface area contributed by atoms with Gasteiger partial charge < -0.3 is 45.3 Å². The number of carbonyl (C=O) groups excluding carboxylic acids is 5. The van der Waals surface area contributed by atoms with Gasteiger partial charge in [0.15, 0.2) is 5.82 Å². The summed E-state index contributed by atoms with van der Waals surface area (Å²) < 4.78 is 60.2. The van der Waals surface area contributed by atoms with Crippen molar-refractivity contribution in [2.75, 3.05) is 40.2 Å². The van der Waals surface area contributed by atoms with Gasteiger partial charge in [0, 0.05) is 62.6 Å². The number of aliphatic hydroxyl groups excluding tert-OH is 1. The van der Waals surface area contributed by atoms with Crippen molar-refractivity contribution in [2.45, 2.75) is 389 Å². The van der Waals surface area contributed by atoms with Crippen LogP contribution in [0.25, 0.3) is 0 Å². The Morgan fingerprint density at radius 2 is 0.895 bits per heavy atom. The summed E-state index contributed by atoms with van der Waals surface area (Å²) in [5.74, 6) is 4.27. The van der Waals surface area contributed by atoms with Crippen LogP contribution < -0.4 is 15.2 Å². The number of H-pyrrole nitrogens is 1. The molecule has 0 saturated carbocycles. The summed E-state index contributed by atoms with van der Waals surface area (Å²) in [6, 6.07) is 0.407. The van der Waals surface area contributed by atoms with Crippen molar-refractivity contribution in [3.63, 3.8) is 0 Å². The van der Waals surface area contributed by atoms with Crippen molar-refractivity contribution in [3.05, 3.63) is 5.82 Å². The summed E-state index contributed by atoms with van der Waals surface area (Å²) in [5.41, 5.74) is 4.80. The Hall–Kier alpha value is -5.39. The molecule has 1 aliphatic heterocycles. The molecule has 0 aliphatic carbocycles. The van der Waals surface area contributed by atoms with Crippen molar-refractivity contribution in [3.8, 4) is 0 Å². The zero-order valence-corrected chi connectivity index (χ0v) is 82.6. The van der Waals surface area contributed by atoms with E-state index in [9.17, 15) is 55.2 Å². The van der Waals surface area contributed by atoms with Crippen molar-refractivity contribution < 1.29 is 89.8 Å². The molecule has 0 bridgehead atoms. The van der Waals surface area contributed by atoms with E-state index in [2.05, 4.69) is 150 Å². The molecule has 1 aliphatic rings. The molecule has 2 rings (SSSR count). The van der Waals surface area contributed by atoms with Crippen LogP contribution in [0.5, 0.6) is 0 Å². The molecule has 1 unspecified atom stereocenters. The number of nitrogens with zero attached hydrogens (tertiary/aromatic N) is 4. The average molecular weight is 1690 g/mol. The molecular formula is C85H186N8O19S2. The summed E-state index contributed by atoms with van der Waals surface area (Å²) in [6.45, 7) is 79.5. The Morgan fingerprint density at radius 1 is 0.535 bits per heavy atom.